The smallest absolute Gasteiger partial charge is 0.179 e. The van der Waals surface area contributed by atoms with Gasteiger partial charge in [0.25, 0.3) is 0 Å². The second kappa shape index (κ2) is 7.20. The molecule has 0 saturated carbocycles. The SMILES string of the molecule is CCCc1nn(C)c2c1[nH]c(=S)n2CCN(C)CCOC. The monoisotopic (exact) mass is 311 g/mol. The van der Waals surface area contributed by atoms with Crippen molar-refractivity contribution in [1.82, 2.24) is 24.2 Å². The van der Waals surface area contributed by atoms with Crippen LogP contribution in [-0.2, 0) is 24.8 Å². The number of ether oxygens (including phenoxy) is 1. The van der Waals surface area contributed by atoms with Crippen molar-refractivity contribution in [2.24, 2.45) is 7.05 Å². The van der Waals surface area contributed by atoms with E-state index in [0.29, 0.717) is 0 Å². The highest BCUT2D eigenvalue weighted by molar-refractivity contribution is 7.71. The van der Waals surface area contributed by atoms with Gasteiger partial charge in [-0.2, -0.15) is 5.10 Å². The third-order valence-electron chi connectivity index (χ3n) is 3.69. The van der Waals surface area contributed by atoms with Gasteiger partial charge in [0.1, 0.15) is 5.52 Å². The van der Waals surface area contributed by atoms with Crippen LogP contribution in [0.15, 0.2) is 0 Å². The lowest BCUT2D eigenvalue weighted by Gasteiger charge is -2.16. The second-order valence-electron chi connectivity index (χ2n) is 5.40. The predicted molar refractivity (Wildman–Crippen MR) is 87.3 cm³/mol. The highest BCUT2D eigenvalue weighted by atomic mass is 32.1. The minimum Gasteiger partial charge on any atom is -0.383 e. The molecule has 0 aliphatic carbocycles. The summed E-state index contributed by atoms with van der Waals surface area (Å²) in [5.41, 5.74) is 3.28. The van der Waals surface area contributed by atoms with Gasteiger partial charge in [-0.15, -0.1) is 0 Å². The number of hydrogen-bond acceptors (Lipinski definition) is 4. The Morgan fingerprint density at radius 1 is 1.38 bits per heavy atom. The standard InChI is InChI=1S/C14H25N5OS/c1-5-6-11-12-13(18(3)16-11)19(14(21)15-12)8-7-17(2)9-10-20-4/h5-10H2,1-4H3,(H,15,21). The molecular formula is C14H25N5OS. The predicted octanol–water partition coefficient (Wildman–Crippen LogP) is 1.96. The molecule has 0 aliphatic rings. The lowest BCUT2D eigenvalue weighted by Crippen LogP contribution is -2.27. The van der Waals surface area contributed by atoms with E-state index in [0.717, 1.165) is 60.7 Å². The molecule has 21 heavy (non-hydrogen) atoms. The van der Waals surface area contributed by atoms with E-state index in [1.54, 1.807) is 7.11 Å². The van der Waals surface area contributed by atoms with E-state index < -0.39 is 0 Å². The van der Waals surface area contributed by atoms with Crippen LogP contribution in [0.3, 0.4) is 0 Å². The van der Waals surface area contributed by atoms with Crippen LogP contribution in [0, 0.1) is 4.77 Å². The van der Waals surface area contributed by atoms with Crippen LogP contribution >= 0.6 is 12.2 Å². The number of fused-ring (bicyclic) bond motifs is 1. The quantitative estimate of drug-likeness (QED) is 0.757. The van der Waals surface area contributed by atoms with E-state index in [2.05, 4.69) is 33.5 Å². The van der Waals surface area contributed by atoms with Gasteiger partial charge in [0.05, 0.1) is 12.3 Å². The third kappa shape index (κ3) is 3.53. The Labute approximate surface area is 130 Å². The molecule has 0 radical (unpaired) electrons. The van der Waals surface area contributed by atoms with Crippen molar-refractivity contribution in [3.05, 3.63) is 10.5 Å². The average molecular weight is 311 g/mol. The van der Waals surface area contributed by atoms with Crippen LogP contribution in [0.4, 0.5) is 0 Å². The van der Waals surface area contributed by atoms with Crippen LogP contribution in [0.5, 0.6) is 0 Å². The summed E-state index contributed by atoms with van der Waals surface area (Å²) in [5, 5.41) is 4.60. The number of methoxy groups -OCH3 is 1. The maximum absolute atomic E-state index is 5.47. The molecule has 0 atom stereocenters. The maximum Gasteiger partial charge on any atom is 0.179 e. The fourth-order valence-corrected chi connectivity index (χ4v) is 2.81. The highest BCUT2D eigenvalue weighted by Crippen LogP contribution is 2.18. The number of hydrogen-bond donors (Lipinski definition) is 1. The van der Waals surface area contributed by atoms with Gasteiger partial charge in [-0.1, -0.05) is 13.3 Å². The Morgan fingerprint density at radius 2 is 2.14 bits per heavy atom. The molecule has 2 rings (SSSR count). The molecular weight excluding hydrogens is 286 g/mol. The highest BCUT2D eigenvalue weighted by Gasteiger charge is 2.14. The molecule has 7 heteroatoms. The van der Waals surface area contributed by atoms with E-state index in [-0.39, 0.29) is 0 Å². The summed E-state index contributed by atoms with van der Waals surface area (Å²) in [5.74, 6) is 0. The number of likely N-dealkylation sites (N-methyl/N-ethyl adjacent to an activating group) is 1. The Morgan fingerprint density at radius 3 is 2.81 bits per heavy atom. The van der Waals surface area contributed by atoms with Gasteiger partial charge in [-0.3, -0.25) is 4.68 Å². The molecule has 2 aromatic rings. The van der Waals surface area contributed by atoms with E-state index in [1.165, 1.54) is 0 Å². The van der Waals surface area contributed by atoms with E-state index >= 15 is 0 Å². The largest absolute Gasteiger partial charge is 0.383 e. The van der Waals surface area contributed by atoms with E-state index in [1.807, 2.05) is 11.7 Å². The summed E-state index contributed by atoms with van der Waals surface area (Å²) in [7, 11) is 5.80. The van der Waals surface area contributed by atoms with Crippen molar-refractivity contribution < 1.29 is 4.74 Å². The second-order valence-corrected chi connectivity index (χ2v) is 5.78. The van der Waals surface area contributed by atoms with Gasteiger partial charge in [0.15, 0.2) is 10.4 Å². The number of aromatic amines is 1. The number of nitrogens with zero attached hydrogens (tertiary/aromatic N) is 4. The first-order valence-corrected chi connectivity index (χ1v) is 7.81. The summed E-state index contributed by atoms with van der Waals surface area (Å²) in [6.07, 6.45) is 2.05. The van der Waals surface area contributed by atoms with Gasteiger partial charge in [-0.25, -0.2) is 0 Å². The summed E-state index contributed by atoms with van der Waals surface area (Å²) in [4.78, 5) is 5.56. The Kier molecular flexibility index (Phi) is 5.55. The Hall–Kier alpha value is -1.18. The number of rotatable bonds is 8. The van der Waals surface area contributed by atoms with E-state index in [4.69, 9.17) is 17.0 Å². The van der Waals surface area contributed by atoms with Crippen molar-refractivity contribution in [2.75, 3.05) is 33.9 Å². The topological polar surface area (TPSA) is 51.0 Å². The molecule has 0 saturated heterocycles. The van der Waals surface area contributed by atoms with Gasteiger partial charge < -0.3 is 19.2 Å². The molecule has 0 aliphatic heterocycles. The molecule has 0 aromatic carbocycles. The fraction of sp³-hybridized carbons (Fsp3) is 0.714. The van der Waals surface area contributed by atoms with Crippen molar-refractivity contribution in [3.63, 3.8) is 0 Å². The summed E-state index contributed by atoms with van der Waals surface area (Å²) in [6, 6.07) is 0. The number of H-pyrrole nitrogens is 1. The third-order valence-corrected chi connectivity index (χ3v) is 4.01. The average Bonchev–Trinajstić information content (AvgIpc) is 2.93. The van der Waals surface area contributed by atoms with Crippen molar-refractivity contribution in [2.45, 2.75) is 26.3 Å². The number of aromatic nitrogens is 4. The lowest BCUT2D eigenvalue weighted by molar-refractivity contribution is 0.159. The maximum atomic E-state index is 5.47. The van der Waals surface area contributed by atoms with Gasteiger partial charge in [0.2, 0.25) is 0 Å². The fourth-order valence-electron chi connectivity index (χ4n) is 2.53. The molecule has 6 nitrogen and oxygen atoms in total. The molecule has 118 valence electrons. The van der Waals surface area contributed by atoms with Crippen LogP contribution < -0.4 is 0 Å². The summed E-state index contributed by atoms with van der Waals surface area (Å²) >= 11 is 5.47. The summed E-state index contributed by atoms with van der Waals surface area (Å²) < 4.78 is 9.95. The van der Waals surface area contributed by atoms with Crippen molar-refractivity contribution in [1.29, 1.82) is 0 Å². The van der Waals surface area contributed by atoms with Crippen molar-refractivity contribution >= 4 is 23.4 Å². The molecule has 0 bridgehead atoms. The molecule has 0 unspecified atom stereocenters. The first-order chi connectivity index (χ1) is 10.1. The molecule has 1 N–H and O–H groups in total. The van der Waals surface area contributed by atoms with Crippen molar-refractivity contribution in [3.8, 4) is 0 Å². The zero-order valence-corrected chi connectivity index (χ0v) is 14.2. The molecule has 0 spiro atoms. The van der Waals surface area contributed by atoms with Crippen LogP contribution in [-0.4, -0.2) is 58.1 Å². The lowest BCUT2D eigenvalue weighted by atomic mass is 10.2. The molecule has 0 amide bonds. The first-order valence-electron chi connectivity index (χ1n) is 7.40. The van der Waals surface area contributed by atoms with Crippen LogP contribution in [0.25, 0.3) is 11.2 Å². The number of aryl methyl sites for hydroxylation is 2. The van der Waals surface area contributed by atoms with Gasteiger partial charge >= 0.3 is 0 Å². The molecule has 0 fully saturated rings. The number of imidazole rings is 1. The van der Waals surface area contributed by atoms with Gasteiger partial charge in [0, 0.05) is 33.8 Å². The van der Waals surface area contributed by atoms with E-state index in [9.17, 15) is 0 Å². The molecule has 2 heterocycles. The minimum atomic E-state index is 0.747. The Balaban J connectivity index is 2.20. The molecule has 2 aromatic heterocycles. The normalized spacial score (nSPS) is 11.9. The first kappa shape index (κ1) is 16.2. The number of nitrogens with one attached hydrogen (secondary N) is 1. The van der Waals surface area contributed by atoms with Crippen LogP contribution in [0.2, 0.25) is 0 Å². The zero-order valence-electron chi connectivity index (χ0n) is 13.3. The van der Waals surface area contributed by atoms with Gasteiger partial charge in [-0.05, 0) is 25.7 Å². The Bertz CT molecular complexity index is 642. The minimum absolute atomic E-state index is 0.747. The zero-order chi connectivity index (χ0) is 15.4. The summed E-state index contributed by atoms with van der Waals surface area (Å²) in [6.45, 7) is 5.61. The van der Waals surface area contributed by atoms with Crippen LogP contribution in [0.1, 0.15) is 19.0 Å².